The summed E-state index contributed by atoms with van der Waals surface area (Å²) in [6, 6.07) is 3.03. The van der Waals surface area contributed by atoms with Gasteiger partial charge in [0.15, 0.2) is 17.2 Å². The zero-order valence-corrected chi connectivity index (χ0v) is 7.87. The van der Waals surface area contributed by atoms with Crippen molar-refractivity contribution in [2.45, 2.75) is 12.8 Å². The van der Waals surface area contributed by atoms with Crippen LogP contribution in [0.25, 0.3) is 0 Å². The lowest BCUT2D eigenvalue weighted by Gasteiger charge is -2.09. The Morgan fingerprint density at radius 2 is 2.33 bits per heavy atom. The first-order valence-electron chi connectivity index (χ1n) is 4.02. The molecular weight excluding hydrogens is 206 g/mol. The van der Waals surface area contributed by atoms with Crippen molar-refractivity contribution in [3.8, 4) is 17.6 Å². The van der Waals surface area contributed by atoms with E-state index in [0.717, 1.165) is 0 Å². The molecule has 6 heteroatoms. The maximum atomic E-state index is 12.4. The number of rotatable bonds is 3. The molecule has 80 valence electrons. The zero-order chi connectivity index (χ0) is 11.4. The van der Waals surface area contributed by atoms with Crippen molar-refractivity contribution in [2.75, 3.05) is 7.11 Å². The second kappa shape index (κ2) is 4.55. The van der Waals surface area contributed by atoms with Crippen LogP contribution in [0.5, 0.6) is 11.5 Å². The Kier molecular flexibility index (Phi) is 3.39. The molecule has 1 heterocycles. The number of methoxy groups -OCH3 is 1. The van der Waals surface area contributed by atoms with E-state index in [9.17, 15) is 13.9 Å². The smallest absolute Gasteiger partial charge is 0.284 e. The van der Waals surface area contributed by atoms with E-state index >= 15 is 0 Å². The quantitative estimate of drug-likeness (QED) is 0.833. The van der Waals surface area contributed by atoms with Gasteiger partial charge < -0.3 is 9.84 Å². The largest absolute Gasteiger partial charge is 0.503 e. The number of pyridine rings is 1. The molecule has 0 unspecified atom stereocenters. The highest BCUT2D eigenvalue weighted by atomic mass is 19.3. The van der Waals surface area contributed by atoms with Gasteiger partial charge in [-0.25, -0.2) is 13.8 Å². The lowest BCUT2D eigenvalue weighted by molar-refractivity contribution is 0.140. The summed E-state index contributed by atoms with van der Waals surface area (Å²) >= 11 is 0. The molecular formula is C9H8F2N2O2. The molecule has 4 nitrogen and oxygen atoms in total. The van der Waals surface area contributed by atoms with Crippen molar-refractivity contribution >= 4 is 0 Å². The van der Waals surface area contributed by atoms with Crippen molar-refractivity contribution in [2.24, 2.45) is 0 Å². The van der Waals surface area contributed by atoms with E-state index in [4.69, 9.17) is 10.00 Å². The van der Waals surface area contributed by atoms with Crippen LogP contribution in [-0.4, -0.2) is 17.2 Å². The van der Waals surface area contributed by atoms with Crippen LogP contribution in [0.1, 0.15) is 17.8 Å². The monoisotopic (exact) mass is 214 g/mol. The summed E-state index contributed by atoms with van der Waals surface area (Å²) < 4.78 is 29.5. The molecule has 0 bridgehead atoms. The van der Waals surface area contributed by atoms with Gasteiger partial charge in [-0.1, -0.05) is 0 Å². The maximum Gasteiger partial charge on any atom is 0.284 e. The summed E-state index contributed by atoms with van der Waals surface area (Å²) in [7, 11) is 1.24. The summed E-state index contributed by atoms with van der Waals surface area (Å²) in [5, 5.41) is 17.7. The number of aromatic hydroxyl groups is 1. The standard InChI is InChI=1S/C9H8F2N2O2/c1-15-6-4-5(2-3-12)13-7(8(6)14)9(10)11/h4,9,14H,2H2,1H3. The van der Waals surface area contributed by atoms with E-state index < -0.39 is 17.9 Å². The number of halogens is 2. The topological polar surface area (TPSA) is 66.1 Å². The Morgan fingerprint density at radius 1 is 1.67 bits per heavy atom. The van der Waals surface area contributed by atoms with Gasteiger partial charge in [0.1, 0.15) is 0 Å². The molecule has 1 rings (SSSR count). The third-order valence-corrected chi connectivity index (χ3v) is 1.72. The fraction of sp³-hybridized carbons (Fsp3) is 0.333. The van der Waals surface area contributed by atoms with Crippen LogP contribution < -0.4 is 4.74 Å². The SMILES string of the molecule is COc1cc(CC#N)nc(C(F)F)c1O. The lowest BCUT2D eigenvalue weighted by Crippen LogP contribution is -1.99. The van der Waals surface area contributed by atoms with Gasteiger partial charge in [0.05, 0.1) is 25.3 Å². The van der Waals surface area contributed by atoms with E-state index in [1.807, 2.05) is 0 Å². The van der Waals surface area contributed by atoms with E-state index in [1.54, 1.807) is 6.07 Å². The van der Waals surface area contributed by atoms with Gasteiger partial charge in [-0.05, 0) is 0 Å². The highest BCUT2D eigenvalue weighted by Gasteiger charge is 2.19. The van der Waals surface area contributed by atoms with Gasteiger partial charge in [0.2, 0.25) is 0 Å². The summed E-state index contributed by atoms with van der Waals surface area (Å²) in [5.41, 5.74) is -0.623. The van der Waals surface area contributed by atoms with Crippen LogP contribution in [0.15, 0.2) is 6.07 Å². The van der Waals surface area contributed by atoms with Gasteiger partial charge in [0, 0.05) is 6.07 Å². The third kappa shape index (κ3) is 2.31. The highest BCUT2D eigenvalue weighted by Crippen LogP contribution is 2.34. The van der Waals surface area contributed by atoms with Gasteiger partial charge in [0.25, 0.3) is 6.43 Å². The fourth-order valence-corrected chi connectivity index (χ4v) is 1.07. The third-order valence-electron chi connectivity index (χ3n) is 1.72. The van der Waals surface area contributed by atoms with E-state index in [-0.39, 0.29) is 17.9 Å². The maximum absolute atomic E-state index is 12.4. The predicted octanol–water partition coefficient (Wildman–Crippen LogP) is 1.80. The van der Waals surface area contributed by atoms with Crippen molar-refractivity contribution in [3.05, 3.63) is 17.5 Å². The Balaban J connectivity index is 3.26. The second-order valence-electron chi connectivity index (χ2n) is 2.69. The molecule has 0 fully saturated rings. The predicted molar refractivity (Wildman–Crippen MR) is 46.7 cm³/mol. The second-order valence-corrected chi connectivity index (χ2v) is 2.69. The van der Waals surface area contributed by atoms with Crippen molar-refractivity contribution in [1.82, 2.24) is 4.98 Å². The summed E-state index contributed by atoms with van der Waals surface area (Å²) in [6.45, 7) is 0. The molecule has 0 saturated carbocycles. The number of hydrogen-bond donors (Lipinski definition) is 1. The molecule has 0 amide bonds. The van der Waals surface area contributed by atoms with Gasteiger partial charge in [-0.3, -0.25) is 0 Å². The van der Waals surface area contributed by atoms with Gasteiger partial charge >= 0.3 is 0 Å². The van der Waals surface area contributed by atoms with E-state index in [1.165, 1.54) is 13.2 Å². The van der Waals surface area contributed by atoms with Crippen LogP contribution >= 0.6 is 0 Å². The minimum absolute atomic E-state index is 0.106. The van der Waals surface area contributed by atoms with Crippen LogP contribution in [0, 0.1) is 11.3 Å². The summed E-state index contributed by atoms with van der Waals surface area (Å²) in [5.74, 6) is -0.792. The van der Waals surface area contributed by atoms with E-state index in [2.05, 4.69) is 4.98 Å². The molecule has 0 aliphatic carbocycles. The van der Waals surface area contributed by atoms with Crippen molar-refractivity contribution in [1.29, 1.82) is 5.26 Å². The molecule has 1 aromatic heterocycles. The minimum Gasteiger partial charge on any atom is -0.503 e. The number of alkyl halides is 2. The molecule has 0 radical (unpaired) electrons. The lowest BCUT2D eigenvalue weighted by atomic mass is 10.2. The number of hydrogen-bond acceptors (Lipinski definition) is 4. The van der Waals surface area contributed by atoms with Crippen molar-refractivity contribution < 1.29 is 18.6 Å². The molecule has 0 aliphatic rings. The van der Waals surface area contributed by atoms with Crippen LogP contribution in [0.3, 0.4) is 0 Å². The van der Waals surface area contributed by atoms with Crippen molar-refractivity contribution in [3.63, 3.8) is 0 Å². The zero-order valence-electron chi connectivity index (χ0n) is 7.87. The fourth-order valence-electron chi connectivity index (χ4n) is 1.07. The molecule has 0 aromatic carbocycles. The number of aromatic nitrogens is 1. The molecule has 1 aromatic rings. The molecule has 15 heavy (non-hydrogen) atoms. The first-order valence-corrected chi connectivity index (χ1v) is 4.02. The Morgan fingerprint density at radius 3 is 2.80 bits per heavy atom. The average molecular weight is 214 g/mol. The first-order chi connectivity index (χ1) is 7.10. The average Bonchev–Trinajstić information content (AvgIpc) is 2.20. The van der Waals surface area contributed by atoms with E-state index in [0.29, 0.717) is 0 Å². The Labute approximate surface area is 84.7 Å². The molecule has 0 aliphatic heterocycles. The minimum atomic E-state index is -2.91. The summed E-state index contributed by atoms with van der Waals surface area (Å²) in [6.07, 6.45) is -3.02. The van der Waals surface area contributed by atoms with Gasteiger partial charge in [-0.2, -0.15) is 5.26 Å². The van der Waals surface area contributed by atoms with Crippen LogP contribution in [-0.2, 0) is 6.42 Å². The first kappa shape index (κ1) is 11.2. The Hall–Kier alpha value is -1.90. The van der Waals surface area contributed by atoms with Gasteiger partial charge in [-0.15, -0.1) is 0 Å². The number of nitrogens with zero attached hydrogens (tertiary/aromatic N) is 2. The van der Waals surface area contributed by atoms with Crippen LogP contribution in [0.2, 0.25) is 0 Å². The number of ether oxygens (including phenoxy) is 1. The number of nitriles is 1. The highest BCUT2D eigenvalue weighted by molar-refractivity contribution is 5.44. The molecule has 0 atom stereocenters. The molecule has 0 spiro atoms. The Bertz CT molecular complexity index is 402. The summed E-state index contributed by atoms with van der Waals surface area (Å²) in [4.78, 5) is 3.47. The molecule has 1 N–H and O–H groups in total. The normalized spacial score (nSPS) is 10.1. The molecule has 0 saturated heterocycles. The van der Waals surface area contributed by atoms with Crippen LogP contribution in [0.4, 0.5) is 8.78 Å².